The Balaban J connectivity index is 1.75. The van der Waals surface area contributed by atoms with E-state index >= 15 is 0 Å². The van der Waals surface area contributed by atoms with Crippen molar-refractivity contribution in [2.75, 3.05) is 5.32 Å². The Bertz CT molecular complexity index is 1040. The summed E-state index contributed by atoms with van der Waals surface area (Å²) in [5.74, 6) is -1.42. The van der Waals surface area contributed by atoms with Gasteiger partial charge in [-0.05, 0) is 43.7 Å². The molecule has 1 aliphatic heterocycles. The van der Waals surface area contributed by atoms with Crippen LogP contribution < -0.4 is 10.6 Å². The molecule has 7 nitrogen and oxygen atoms in total. The summed E-state index contributed by atoms with van der Waals surface area (Å²) in [5.41, 5.74) is 1.26. The number of fused-ring (bicyclic) bond motifs is 1. The molecule has 2 aromatic rings. The molecule has 0 radical (unpaired) electrons. The van der Waals surface area contributed by atoms with Crippen LogP contribution in [0.15, 0.2) is 47.4 Å². The SMILES string of the molecule is CC(C)S(=O)(=O)c1ccc(CC(=O)Nc2cccc3c2C(=O)NC3=O)cc1. The van der Waals surface area contributed by atoms with Crippen LogP contribution in [0.2, 0.25) is 0 Å². The van der Waals surface area contributed by atoms with Gasteiger partial charge in [0.15, 0.2) is 9.84 Å². The van der Waals surface area contributed by atoms with E-state index < -0.39 is 26.9 Å². The number of anilines is 1. The molecule has 0 saturated heterocycles. The second-order valence-electron chi connectivity index (χ2n) is 6.47. The van der Waals surface area contributed by atoms with E-state index in [1.807, 2.05) is 0 Å². The molecule has 0 atom stereocenters. The van der Waals surface area contributed by atoms with Crippen molar-refractivity contribution in [2.24, 2.45) is 0 Å². The van der Waals surface area contributed by atoms with E-state index in [1.165, 1.54) is 18.2 Å². The summed E-state index contributed by atoms with van der Waals surface area (Å²) < 4.78 is 24.3. The van der Waals surface area contributed by atoms with Gasteiger partial charge in [0.2, 0.25) is 5.91 Å². The van der Waals surface area contributed by atoms with E-state index in [0.29, 0.717) is 5.56 Å². The van der Waals surface area contributed by atoms with Gasteiger partial charge in [0.1, 0.15) is 0 Å². The third-order valence-electron chi connectivity index (χ3n) is 4.27. The van der Waals surface area contributed by atoms with Gasteiger partial charge in [-0.15, -0.1) is 0 Å². The quantitative estimate of drug-likeness (QED) is 0.763. The van der Waals surface area contributed by atoms with Gasteiger partial charge >= 0.3 is 0 Å². The molecule has 3 amide bonds. The smallest absolute Gasteiger partial charge is 0.261 e. The molecule has 0 bridgehead atoms. The van der Waals surface area contributed by atoms with Crippen molar-refractivity contribution in [1.82, 2.24) is 5.32 Å². The summed E-state index contributed by atoms with van der Waals surface area (Å²) in [6.07, 6.45) is 0.00123. The molecule has 3 rings (SSSR count). The van der Waals surface area contributed by atoms with Gasteiger partial charge in [0, 0.05) is 0 Å². The minimum Gasteiger partial charge on any atom is -0.325 e. The normalized spacial score (nSPS) is 13.4. The second-order valence-corrected chi connectivity index (χ2v) is 8.98. The number of hydrogen-bond acceptors (Lipinski definition) is 5. The lowest BCUT2D eigenvalue weighted by atomic mass is 10.1. The maximum Gasteiger partial charge on any atom is 0.261 e. The molecule has 2 N–H and O–H groups in total. The highest BCUT2D eigenvalue weighted by atomic mass is 32.2. The van der Waals surface area contributed by atoms with Crippen LogP contribution in [0.3, 0.4) is 0 Å². The zero-order valence-corrected chi connectivity index (χ0v) is 15.6. The Hall–Kier alpha value is -3.00. The standard InChI is InChI=1S/C19H18N2O5S/c1-11(2)27(25,26)13-8-6-12(7-9-13)10-16(22)20-15-5-3-4-14-17(15)19(24)21-18(14)23/h3-9,11H,10H2,1-2H3,(H,20,22)(H,21,23,24). The Morgan fingerprint density at radius 3 is 2.33 bits per heavy atom. The number of hydrogen-bond donors (Lipinski definition) is 2. The van der Waals surface area contributed by atoms with Gasteiger partial charge in [-0.1, -0.05) is 18.2 Å². The highest BCUT2D eigenvalue weighted by Gasteiger charge is 2.29. The highest BCUT2D eigenvalue weighted by molar-refractivity contribution is 7.92. The van der Waals surface area contributed by atoms with Gasteiger partial charge in [-0.3, -0.25) is 19.7 Å². The Morgan fingerprint density at radius 1 is 1.04 bits per heavy atom. The predicted molar refractivity (Wildman–Crippen MR) is 99.3 cm³/mol. The third-order valence-corrected chi connectivity index (χ3v) is 6.44. The number of rotatable bonds is 5. The maximum absolute atomic E-state index is 12.3. The van der Waals surface area contributed by atoms with Crippen molar-refractivity contribution in [1.29, 1.82) is 0 Å². The Labute approximate surface area is 156 Å². The summed E-state index contributed by atoms with van der Waals surface area (Å²) in [6, 6.07) is 10.8. The molecule has 140 valence electrons. The Morgan fingerprint density at radius 2 is 1.70 bits per heavy atom. The van der Waals surface area contributed by atoms with Crippen LogP contribution in [0.25, 0.3) is 0 Å². The molecule has 0 aliphatic carbocycles. The Kier molecular flexibility index (Phi) is 4.84. The monoisotopic (exact) mass is 386 g/mol. The number of carbonyl (C=O) groups excluding carboxylic acids is 3. The van der Waals surface area contributed by atoms with Gasteiger partial charge in [-0.2, -0.15) is 0 Å². The zero-order valence-electron chi connectivity index (χ0n) is 14.8. The van der Waals surface area contributed by atoms with E-state index in [9.17, 15) is 22.8 Å². The number of nitrogens with one attached hydrogen (secondary N) is 2. The summed E-state index contributed by atoms with van der Waals surface area (Å²) >= 11 is 0. The molecule has 1 aliphatic rings. The number of carbonyl (C=O) groups is 3. The van der Waals surface area contributed by atoms with Gasteiger partial charge in [-0.25, -0.2) is 8.42 Å². The first-order valence-electron chi connectivity index (χ1n) is 8.31. The molecule has 8 heteroatoms. The fourth-order valence-electron chi connectivity index (χ4n) is 2.77. The first-order valence-corrected chi connectivity index (χ1v) is 9.86. The van der Waals surface area contributed by atoms with Crippen molar-refractivity contribution in [3.05, 3.63) is 59.2 Å². The molecule has 0 unspecified atom stereocenters. The van der Waals surface area contributed by atoms with Crippen molar-refractivity contribution in [3.63, 3.8) is 0 Å². The van der Waals surface area contributed by atoms with Crippen molar-refractivity contribution < 1.29 is 22.8 Å². The lowest BCUT2D eigenvalue weighted by Crippen LogP contribution is -2.21. The summed E-state index contributed by atoms with van der Waals surface area (Å²) in [4.78, 5) is 36.1. The average molecular weight is 386 g/mol. The molecule has 0 spiro atoms. The topological polar surface area (TPSA) is 109 Å². The van der Waals surface area contributed by atoms with Gasteiger partial charge < -0.3 is 5.32 Å². The number of benzene rings is 2. The van der Waals surface area contributed by atoms with Crippen LogP contribution >= 0.6 is 0 Å². The third kappa shape index (κ3) is 3.61. The van der Waals surface area contributed by atoms with Crippen molar-refractivity contribution in [2.45, 2.75) is 30.4 Å². The molecule has 27 heavy (non-hydrogen) atoms. The fraction of sp³-hybridized carbons (Fsp3) is 0.211. The first-order chi connectivity index (χ1) is 12.7. The van der Waals surface area contributed by atoms with Crippen LogP contribution in [0, 0.1) is 0 Å². The lowest BCUT2D eigenvalue weighted by Gasteiger charge is -2.10. The van der Waals surface area contributed by atoms with E-state index in [2.05, 4.69) is 10.6 Å². The lowest BCUT2D eigenvalue weighted by molar-refractivity contribution is -0.115. The minimum atomic E-state index is -3.37. The van der Waals surface area contributed by atoms with Gasteiger partial charge in [0.05, 0.1) is 33.4 Å². The molecule has 1 heterocycles. The van der Waals surface area contributed by atoms with E-state index in [4.69, 9.17) is 0 Å². The van der Waals surface area contributed by atoms with Crippen LogP contribution in [-0.2, 0) is 21.1 Å². The maximum atomic E-state index is 12.3. The largest absolute Gasteiger partial charge is 0.325 e. The second kappa shape index (κ2) is 6.96. The number of amides is 3. The fourth-order valence-corrected chi connectivity index (χ4v) is 3.83. The van der Waals surface area contributed by atoms with Crippen LogP contribution in [0.1, 0.15) is 40.1 Å². The zero-order chi connectivity index (χ0) is 19.8. The van der Waals surface area contributed by atoms with Crippen LogP contribution in [0.5, 0.6) is 0 Å². The molecular formula is C19H18N2O5S. The first kappa shape index (κ1) is 18.8. The van der Waals surface area contributed by atoms with Gasteiger partial charge in [0.25, 0.3) is 11.8 Å². The van der Waals surface area contributed by atoms with Crippen LogP contribution in [-0.4, -0.2) is 31.4 Å². The van der Waals surface area contributed by atoms with E-state index in [1.54, 1.807) is 38.1 Å². The van der Waals surface area contributed by atoms with E-state index in [0.717, 1.165) is 0 Å². The molecular weight excluding hydrogens is 368 g/mol. The summed E-state index contributed by atoms with van der Waals surface area (Å²) in [6.45, 7) is 3.21. The molecule has 0 aromatic heterocycles. The van der Waals surface area contributed by atoms with Crippen molar-refractivity contribution >= 4 is 33.2 Å². The average Bonchev–Trinajstić information content (AvgIpc) is 2.90. The summed E-state index contributed by atoms with van der Waals surface area (Å²) in [5, 5.41) is 4.30. The highest BCUT2D eigenvalue weighted by Crippen LogP contribution is 2.24. The minimum absolute atomic E-state index is 0.00123. The predicted octanol–water partition coefficient (Wildman–Crippen LogP) is 1.93. The van der Waals surface area contributed by atoms with Crippen LogP contribution in [0.4, 0.5) is 5.69 Å². The van der Waals surface area contributed by atoms with E-state index in [-0.39, 0.29) is 34.0 Å². The number of imide groups is 1. The summed E-state index contributed by atoms with van der Waals surface area (Å²) in [7, 11) is -3.37. The number of sulfone groups is 1. The molecule has 0 saturated carbocycles. The molecule has 0 fully saturated rings. The van der Waals surface area contributed by atoms with Crippen molar-refractivity contribution in [3.8, 4) is 0 Å². The molecule has 2 aromatic carbocycles.